The number of para-hydroxylation sites is 1. The summed E-state index contributed by atoms with van der Waals surface area (Å²) in [6.45, 7) is 6.39. The molecule has 0 aliphatic heterocycles. The fourth-order valence-electron chi connectivity index (χ4n) is 2.25. The van der Waals surface area contributed by atoms with Crippen LogP contribution in [-0.2, 0) is 11.3 Å². The number of ether oxygens (including phenoxy) is 3. The summed E-state index contributed by atoms with van der Waals surface area (Å²) < 4.78 is 52.3. The number of carbonyl (C=O) groups excluding carboxylic acids is 1. The number of hydrogen-bond acceptors (Lipinski definition) is 5. The molecule has 0 saturated carbocycles. The Morgan fingerprint density at radius 2 is 1.79 bits per heavy atom. The zero-order valence-electron chi connectivity index (χ0n) is 16.4. The van der Waals surface area contributed by atoms with Gasteiger partial charge in [0.1, 0.15) is 12.4 Å². The first-order chi connectivity index (χ1) is 13.5. The van der Waals surface area contributed by atoms with E-state index in [0.717, 1.165) is 0 Å². The molecule has 1 aromatic carbocycles. The van der Waals surface area contributed by atoms with Crippen molar-refractivity contribution in [1.29, 1.82) is 0 Å². The summed E-state index contributed by atoms with van der Waals surface area (Å²) >= 11 is 0. The smallest absolute Gasteiger partial charge is 0.475 e. The first-order valence-corrected chi connectivity index (χ1v) is 8.88. The van der Waals surface area contributed by atoms with Gasteiger partial charge in [0.25, 0.3) is 5.91 Å². The standard InChI is InChI=1S/C20H23F3N2O4/c1-19(2,3)28-11-10-27-17-9-8-15(13-24-17)18(26)25-12-14-6-4-5-7-16(14)29-20(21,22)23/h4-9,13H,10-12H2,1-3H3,(H,25,26). The molecule has 1 heterocycles. The first kappa shape index (κ1) is 22.5. The fourth-order valence-corrected chi connectivity index (χ4v) is 2.25. The van der Waals surface area contributed by atoms with E-state index in [9.17, 15) is 18.0 Å². The maximum Gasteiger partial charge on any atom is 0.573 e. The van der Waals surface area contributed by atoms with Crippen LogP contribution in [0.3, 0.4) is 0 Å². The highest BCUT2D eigenvalue weighted by atomic mass is 19.4. The van der Waals surface area contributed by atoms with Crippen LogP contribution in [0.1, 0.15) is 36.7 Å². The van der Waals surface area contributed by atoms with Crippen LogP contribution < -0.4 is 14.8 Å². The van der Waals surface area contributed by atoms with Gasteiger partial charge in [0, 0.05) is 24.4 Å². The lowest BCUT2D eigenvalue weighted by atomic mass is 10.2. The van der Waals surface area contributed by atoms with Gasteiger partial charge in [0.15, 0.2) is 0 Å². The maximum atomic E-state index is 12.5. The van der Waals surface area contributed by atoms with Crippen LogP contribution in [0.5, 0.6) is 11.6 Å². The third-order valence-corrected chi connectivity index (χ3v) is 3.50. The van der Waals surface area contributed by atoms with Crippen LogP contribution in [0.15, 0.2) is 42.6 Å². The highest BCUT2D eigenvalue weighted by Gasteiger charge is 2.32. The highest BCUT2D eigenvalue weighted by Crippen LogP contribution is 2.26. The molecule has 0 atom stereocenters. The van der Waals surface area contributed by atoms with E-state index in [1.54, 1.807) is 6.07 Å². The van der Waals surface area contributed by atoms with E-state index in [1.807, 2.05) is 20.8 Å². The SMILES string of the molecule is CC(C)(C)OCCOc1ccc(C(=O)NCc2ccccc2OC(F)(F)F)cn1. The molecule has 29 heavy (non-hydrogen) atoms. The number of amides is 1. The van der Waals surface area contributed by atoms with Gasteiger partial charge < -0.3 is 19.5 Å². The minimum atomic E-state index is -4.81. The first-order valence-electron chi connectivity index (χ1n) is 8.88. The Bertz CT molecular complexity index is 803. The number of carbonyl (C=O) groups is 1. The molecule has 158 valence electrons. The van der Waals surface area contributed by atoms with Crippen LogP contribution in [0, 0.1) is 0 Å². The second-order valence-corrected chi connectivity index (χ2v) is 7.03. The number of halogens is 3. The number of nitrogens with zero attached hydrogens (tertiary/aromatic N) is 1. The van der Waals surface area contributed by atoms with Crippen molar-refractivity contribution in [2.75, 3.05) is 13.2 Å². The summed E-state index contributed by atoms with van der Waals surface area (Å²) in [5.74, 6) is -0.510. The average Bonchev–Trinajstić information content (AvgIpc) is 2.63. The molecule has 0 bridgehead atoms. The van der Waals surface area contributed by atoms with Crippen molar-refractivity contribution < 1.29 is 32.2 Å². The van der Waals surface area contributed by atoms with Crippen molar-refractivity contribution in [3.05, 3.63) is 53.7 Å². The second kappa shape index (κ2) is 9.60. The minimum absolute atomic E-state index is 0.131. The number of alkyl halides is 3. The predicted molar refractivity (Wildman–Crippen MR) is 99.7 cm³/mol. The van der Waals surface area contributed by atoms with E-state index in [4.69, 9.17) is 9.47 Å². The van der Waals surface area contributed by atoms with Gasteiger partial charge >= 0.3 is 6.36 Å². The minimum Gasteiger partial charge on any atom is -0.475 e. The molecule has 0 spiro atoms. The summed E-state index contributed by atoms with van der Waals surface area (Å²) in [5.41, 5.74) is 0.185. The molecule has 9 heteroatoms. The van der Waals surface area contributed by atoms with E-state index < -0.39 is 12.3 Å². The van der Waals surface area contributed by atoms with Crippen molar-refractivity contribution >= 4 is 5.91 Å². The number of aromatic nitrogens is 1. The van der Waals surface area contributed by atoms with Crippen LogP contribution in [0.4, 0.5) is 13.2 Å². The monoisotopic (exact) mass is 412 g/mol. The van der Waals surface area contributed by atoms with Crippen LogP contribution in [0.25, 0.3) is 0 Å². The normalized spacial score (nSPS) is 11.8. The van der Waals surface area contributed by atoms with Crippen molar-refractivity contribution in [2.24, 2.45) is 0 Å². The van der Waals surface area contributed by atoms with Crippen LogP contribution in [0.2, 0.25) is 0 Å². The van der Waals surface area contributed by atoms with Crippen molar-refractivity contribution in [3.8, 4) is 11.6 Å². The molecule has 1 N–H and O–H groups in total. The lowest BCUT2D eigenvalue weighted by molar-refractivity contribution is -0.274. The molecule has 0 radical (unpaired) electrons. The largest absolute Gasteiger partial charge is 0.573 e. The van der Waals surface area contributed by atoms with Crippen molar-refractivity contribution in [2.45, 2.75) is 39.3 Å². The zero-order chi connectivity index (χ0) is 21.5. The fraction of sp³-hybridized carbons (Fsp3) is 0.400. The molecular formula is C20H23F3N2O4. The Morgan fingerprint density at radius 1 is 1.07 bits per heavy atom. The van der Waals surface area contributed by atoms with E-state index in [2.05, 4.69) is 15.0 Å². The summed E-state index contributed by atoms with van der Waals surface area (Å²) in [6, 6.07) is 8.65. The number of rotatable bonds is 8. The van der Waals surface area contributed by atoms with E-state index >= 15 is 0 Å². The Morgan fingerprint density at radius 3 is 2.41 bits per heavy atom. The van der Waals surface area contributed by atoms with Crippen LogP contribution >= 0.6 is 0 Å². The molecule has 1 aromatic heterocycles. The summed E-state index contributed by atoms with van der Waals surface area (Å²) in [6.07, 6.45) is -3.48. The zero-order valence-corrected chi connectivity index (χ0v) is 16.4. The third kappa shape index (κ3) is 8.39. The summed E-state index contributed by atoms with van der Waals surface area (Å²) in [5, 5.41) is 2.54. The summed E-state index contributed by atoms with van der Waals surface area (Å²) in [7, 11) is 0. The van der Waals surface area contributed by atoms with Gasteiger partial charge in [-0.15, -0.1) is 13.2 Å². The predicted octanol–water partition coefficient (Wildman–Crippen LogP) is 4.10. The molecule has 0 aliphatic carbocycles. The maximum absolute atomic E-state index is 12.5. The van der Waals surface area contributed by atoms with Crippen LogP contribution in [-0.4, -0.2) is 36.1 Å². The van der Waals surface area contributed by atoms with Gasteiger partial charge in [-0.2, -0.15) is 0 Å². The average molecular weight is 412 g/mol. The van der Waals surface area contributed by atoms with E-state index in [1.165, 1.54) is 36.5 Å². The highest BCUT2D eigenvalue weighted by molar-refractivity contribution is 5.93. The number of hydrogen-bond donors (Lipinski definition) is 1. The molecule has 0 aliphatic rings. The molecule has 0 fully saturated rings. The number of nitrogens with one attached hydrogen (secondary N) is 1. The number of pyridine rings is 1. The Labute approximate surface area is 167 Å². The lowest BCUT2D eigenvalue weighted by Crippen LogP contribution is -2.24. The van der Waals surface area contributed by atoms with Gasteiger partial charge in [-0.1, -0.05) is 18.2 Å². The third-order valence-electron chi connectivity index (χ3n) is 3.50. The van der Waals surface area contributed by atoms with E-state index in [-0.39, 0.29) is 29.0 Å². The molecule has 0 saturated heterocycles. The Hall–Kier alpha value is -2.81. The van der Waals surface area contributed by atoms with E-state index in [0.29, 0.717) is 19.1 Å². The molecule has 1 amide bonds. The number of benzene rings is 1. The second-order valence-electron chi connectivity index (χ2n) is 7.03. The summed E-state index contributed by atoms with van der Waals surface area (Å²) in [4.78, 5) is 16.3. The molecule has 2 rings (SSSR count). The lowest BCUT2D eigenvalue weighted by Gasteiger charge is -2.19. The molecule has 2 aromatic rings. The van der Waals surface area contributed by atoms with Crippen molar-refractivity contribution in [1.82, 2.24) is 10.3 Å². The van der Waals surface area contributed by atoms with Gasteiger partial charge in [-0.05, 0) is 32.9 Å². The van der Waals surface area contributed by atoms with Gasteiger partial charge in [0.05, 0.1) is 17.8 Å². The molecular weight excluding hydrogens is 389 g/mol. The molecule has 6 nitrogen and oxygen atoms in total. The topological polar surface area (TPSA) is 69.7 Å². The van der Waals surface area contributed by atoms with Gasteiger partial charge in [-0.25, -0.2) is 4.98 Å². The Balaban J connectivity index is 1.87. The van der Waals surface area contributed by atoms with Crippen molar-refractivity contribution in [3.63, 3.8) is 0 Å². The Kier molecular flexibility index (Phi) is 7.44. The molecule has 0 unspecified atom stereocenters. The van der Waals surface area contributed by atoms with Gasteiger partial charge in [-0.3, -0.25) is 4.79 Å². The quantitative estimate of drug-likeness (QED) is 0.661. The van der Waals surface area contributed by atoms with Gasteiger partial charge in [0.2, 0.25) is 5.88 Å².